The molecular weight excluding hydrogens is 551 g/mol. The minimum atomic E-state index is -4.47. The van der Waals surface area contributed by atoms with E-state index in [0.717, 1.165) is 0 Å². The van der Waals surface area contributed by atoms with Crippen molar-refractivity contribution in [2.75, 3.05) is 32.1 Å². The standard InChI is InChI=1S/C27H34F3N3O6S/c1-18-15-33(19(2)17-34)26(36)14-20-13-21(31-25(35)11-12-27(28,29)30)9-10-23(20)39-24(18)16-32(3)40(37,38)22-7-5-4-6-8-22/h4-10,13,18-19,24,34H,11-12,14-17H2,1-3H3,(H,31,35)/t18-,19+,24+/m1/s1. The van der Waals surface area contributed by atoms with Crippen LogP contribution in [0.15, 0.2) is 53.4 Å². The molecule has 2 N–H and O–H groups in total. The second-order valence-corrected chi connectivity index (χ2v) is 12.0. The predicted molar refractivity (Wildman–Crippen MR) is 142 cm³/mol. The number of fused-ring (bicyclic) bond motifs is 1. The fraction of sp³-hybridized carbons (Fsp3) is 0.481. The smallest absolute Gasteiger partial charge is 0.389 e. The number of halogens is 3. The Hall–Kier alpha value is -3.16. The topological polar surface area (TPSA) is 116 Å². The lowest BCUT2D eigenvalue weighted by molar-refractivity contribution is -0.142. The van der Waals surface area contributed by atoms with Gasteiger partial charge in [-0.05, 0) is 37.3 Å². The average Bonchev–Trinajstić information content (AvgIpc) is 2.94. The maximum absolute atomic E-state index is 13.3. The number of benzene rings is 2. The third kappa shape index (κ3) is 8.18. The number of ether oxygens (including phenoxy) is 1. The summed E-state index contributed by atoms with van der Waals surface area (Å²) in [4.78, 5) is 27.0. The zero-order chi connectivity index (χ0) is 29.7. The van der Waals surface area contributed by atoms with Crippen molar-refractivity contribution in [3.8, 4) is 5.75 Å². The van der Waals surface area contributed by atoms with Crippen molar-refractivity contribution in [3.05, 3.63) is 54.1 Å². The van der Waals surface area contributed by atoms with Gasteiger partial charge in [0.05, 0.1) is 36.9 Å². The zero-order valence-corrected chi connectivity index (χ0v) is 23.3. The third-order valence-corrected chi connectivity index (χ3v) is 8.56. The summed E-state index contributed by atoms with van der Waals surface area (Å²) in [5.74, 6) is -1.24. The number of nitrogens with one attached hydrogen (secondary N) is 1. The number of aliphatic hydroxyl groups excluding tert-OH is 1. The van der Waals surface area contributed by atoms with Crippen LogP contribution < -0.4 is 10.1 Å². The number of rotatable bonds is 9. The second kappa shape index (κ2) is 13.0. The molecule has 3 rings (SSSR count). The highest BCUT2D eigenvalue weighted by molar-refractivity contribution is 7.89. The first-order chi connectivity index (χ1) is 18.7. The van der Waals surface area contributed by atoms with Crippen LogP contribution in [-0.2, 0) is 26.0 Å². The maximum atomic E-state index is 13.3. The molecule has 2 aromatic rings. The molecule has 9 nitrogen and oxygen atoms in total. The van der Waals surface area contributed by atoms with Gasteiger partial charge in [-0.2, -0.15) is 17.5 Å². The van der Waals surface area contributed by atoms with Crippen LogP contribution in [0.3, 0.4) is 0 Å². The van der Waals surface area contributed by atoms with Gasteiger partial charge in [-0.1, -0.05) is 25.1 Å². The SMILES string of the molecule is C[C@@H]1CN([C@@H](C)CO)C(=O)Cc2cc(NC(=O)CCC(F)(F)F)ccc2O[C@H]1CN(C)S(=O)(=O)c1ccccc1. The quantitative estimate of drug-likeness (QED) is 0.466. The Labute approximate surface area is 232 Å². The Morgan fingerprint density at radius 3 is 2.52 bits per heavy atom. The van der Waals surface area contributed by atoms with Crippen LogP contribution in [0.25, 0.3) is 0 Å². The van der Waals surface area contributed by atoms with Crippen molar-refractivity contribution in [1.29, 1.82) is 0 Å². The zero-order valence-electron chi connectivity index (χ0n) is 22.5. The number of carbonyl (C=O) groups is 2. The van der Waals surface area contributed by atoms with Gasteiger partial charge in [0.25, 0.3) is 0 Å². The molecule has 0 spiro atoms. The number of anilines is 1. The molecule has 2 aromatic carbocycles. The van der Waals surface area contributed by atoms with Gasteiger partial charge in [0.1, 0.15) is 11.9 Å². The molecular formula is C27H34F3N3O6S. The highest BCUT2D eigenvalue weighted by Crippen LogP contribution is 2.30. The van der Waals surface area contributed by atoms with Crippen LogP contribution in [0.2, 0.25) is 0 Å². The first-order valence-corrected chi connectivity index (χ1v) is 14.2. The average molecular weight is 586 g/mol. The molecule has 1 aliphatic heterocycles. The summed E-state index contributed by atoms with van der Waals surface area (Å²) in [6.45, 7) is 3.33. The summed E-state index contributed by atoms with van der Waals surface area (Å²) in [7, 11) is -2.41. The van der Waals surface area contributed by atoms with E-state index < -0.39 is 47.1 Å². The summed E-state index contributed by atoms with van der Waals surface area (Å²) in [5, 5.41) is 12.2. The lowest BCUT2D eigenvalue weighted by Crippen LogP contribution is -2.48. The minimum Gasteiger partial charge on any atom is -0.488 e. The normalized spacial score (nSPS) is 19.2. The lowest BCUT2D eigenvalue weighted by Gasteiger charge is -2.33. The number of likely N-dealkylation sites (N-methyl/N-ethyl adjacent to an activating group) is 1. The van der Waals surface area contributed by atoms with E-state index in [1.165, 1.54) is 46.6 Å². The van der Waals surface area contributed by atoms with Crippen LogP contribution in [0.1, 0.15) is 32.3 Å². The van der Waals surface area contributed by atoms with Crippen molar-refractivity contribution in [1.82, 2.24) is 9.21 Å². The van der Waals surface area contributed by atoms with Crippen LogP contribution in [0.5, 0.6) is 5.75 Å². The van der Waals surface area contributed by atoms with Gasteiger partial charge >= 0.3 is 6.18 Å². The second-order valence-electron chi connectivity index (χ2n) is 9.97. The Balaban J connectivity index is 1.92. The Morgan fingerprint density at radius 2 is 1.90 bits per heavy atom. The highest BCUT2D eigenvalue weighted by Gasteiger charge is 2.33. The molecule has 0 saturated carbocycles. The van der Waals surface area contributed by atoms with Gasteiger partial charge in [-0.25, -0.2) is 8.42 Å². The van der Waals surface area contributed by atoms with Crippen molar-refractivity contribution >= 4 is 27.5 Å². The Morgan fingerprint density at radius 1 is 1.23 bits per heavy atom. The van der Waals surface area contributed by atoms with Crippen molar-refractivity contribution in [2.24, 2.45) is 5.92 Å². The van der Waals surface area contributed by atoms with Gasteiger partial charge < -0.3 is 20.1 Å². The van der Waals surface area contributed by atoms with E-state index >= 15 is 0 Å². The summed E-state index contributed by atoms with van der Waals surface area (Å²) in [6, 6.07) is 11.8. The fourth-order valence-electron chi connectivity index (χ4n) is 4.33. The number of carbonyl (C=O) groups excluding carboxylic acids is 2. The van der Waals surface area contributed by atoms with Crippen LogP contribution in [0, 0.1) is 5.92 Å². The summed E-state index contributed by atoms with van der Waals surface area (Å²) < 4.78 is 71.3. The number of aliphatic hydroxyl groups is 1. The molecule has 220 valence electrons. The predicted octanol–water partition coefficient (Wildman–Crippen LogP) is 3.44. The molecule has 2 amide bonds. The van der Waals surface area contributed by atoms with Crippen LogP contribution >= 0.6 is 0 Å². The van der Waals surface area contributed by atoms with E-state index in [-0.39, 0.29) is 54.3 Å². The van der Waals surface area contributed by atoms with Crippen molar-refractivity contribution in [2.45, 2.75) is 56.3 Å². The summed E-state index contributed by atoms with van der Waals surface area (Å²) in [6.07, 6.45) is -7.36. The molecule has 0 unspecified atom stereocenters. The Bertz CT molecular complexity index is 1290. The molecule has 0 radical (unpaired) electrons. The van der Waals surface area contributed by atoms with E-state index in [1.807, 2.05) is 6.92 Å². The number of nitrogens with zero attached hydrogens (tertiary/aromatic N) is 2. The first-order valence-electron chi connectivity index (χ1n) is 12.8. The fourth-order valence-corrected chi connectivity index (χ4v) is 5.53. The number of amides is 2. The van der Waals surface area contributed by atoms with Crippen molar-refractivity contribution < 1.29 is 41.0 Å². The molecule has 1 heterocycles. The van der Waals surface area contributed by atoms with Gasteiger partial charge in [0.2, 0.25) is 21.8 Å². The van der Waals surface area contributed by atoms with Crippen LogP contribution in [0.4, 0.5) is 18.9 Å². The maximum Gasteiger partial charge on any atom is 0.389 e. The minimum absolute atomic E-state index is 0.0523. The molecule has 3 atom stereocenters. The van der Waals surface area contributed by atoms with Gasteiger partial charge in [-0.3, -0.25) is 9.59 Å². The molecule has 0 aliphatic carbocycles. The molecule has 0 fully saturated rings. The number of hydrogen-bond donors (Lipinski definition) is 2. The summed E-state index contributed by atoms with van der Waals surface area (Å²) >= 11 is 0. The summed E-state index contributed by atoms with van der Waals surface area (Å²) in [5.41, 5.74) is 0.554. The first kappa shape index (κ1) is 31.4. The third-order valence-electron chi connectivity index (χ3n) is 6.72. The molecule has 1 aliphatic rings. The van der Waals surface area contributed by atoms with E-state index in [0.29, 0.717) is 5.56 Å². The van der Waals surface area contributed by atoms with Crippen LogP contribution in [-0.4, -0.2) is 79.6 Å². The molecule has 0 saturated heterocycles. The van der Waals surface area contributed by atoms with E-state index in [1.54, 1.807) is 25.1 Å². The number of sulfonamides is 1. The van der Waals surface area contributed by atoms with Crippen molar-refractivity contribution in [3.63, 3.8) is 0 Å². The van der Waals surface area contributed by atoms with Gasteiger partial charge in [-0.15, -0.1) is 0 Å². The largest absolute Gasteiger partial charge is 0.488 e. The lowest BCUT2D eigenvalue weighted by atomic mass is 10.0. The number of alkyl halides is 3. The Kier molecular flexibility index (Phi) is 10.2. The number of hydrogen-bond acceptors (Lipinski definition) is 6. The van der Waals surface area contributed by atoms with E-state index in [2.05, 4.69) is 5.32 Å². The van der Waals surface area contributed by atoms with Gasteiger partial charge in [0.15, 0.2) is 0 Å². The molecule has 40 heavy (non-hydrogen) atoms. The highest BCUT2D eigenvalue weighted by atomic mass is 32.2. The monoisotopic (exact) mass is 585 g/mol. The van der Waals surface area contributed by atoms with E-state index in [9.17, 15) is 36.3 Å². The van der Waals surface area contributed by atoms with Gasteiger partial charge in [0, 0.05) is 37.2 Å². The molecule has 0 aromatic heterocycles. The molecule has 0 bridgehead atoms. The molecule has 13 heteroatoms. The van der Waals surface area contributed by atoms with E-state index in [4.69, 9.17) is 4.74 Å².